The molecule has 0 aliphatic carbocycles. The van der Waals surface area contributed by atoms with Crippen LogP contribution in [0.4, 0.5) is 0 Å². The zero-order valence-corrected chi connectivity index (χ0v) is 17.0. The van der Waals surface area contributed by atoms with Gasteiger partial charge in [-0.2, -0.15) is 0 Å². The van der Waals surface area contributed by atoms with Gasteiger partial charge in [0, 0.05) is 17.5 Å². The van der Waals surface area contributed by atoms with Crippen molar-refractivity contribution in [1.29, 1.82) is 0 Å². The summed E-state index contributed by atoms with van der Waals surface area (Å²) >= 11 is 7.58. The summed E-state index contributed by atoms with van der Waals surface area (Å²) in [7, 11) is 0. The van der Waals surface area contributed by atoms with Crippen LogP contribution in [0.1, 0.15) is 31.2 Å². The highest BCUT2D eigenvalue weighted by Gasteiger charge is 2.26. The lowest BCUT2D eigenvalue weighted by molar-refractivity contribution is -0.142. The Bertz CT molecular complexity index is 702. The Kier molecular flexibility index (Phi) is 7.66. The van der Waals surface area contributed by atoms with Crippen molar-refractivity contribution in [3.05, 3.63) is 58.3 Å². The molecule has 0 spiro atoms. The van der Waals surface area contributed by atoms with Gasteiger partial charge in [0.2, 0.25) is 11.8 Å². The second kappa shape index (κ2) is 9.74. The maximum absolute atomic E-state index is 13.0. The fraction of sp³-hybridized carbons (Fsp3) is 0.400. The van der Waals surface area contributed by atoms with Crippen molar-refractivity contribution in [2.75, 3.05) is 6.54 Å². The lowest BCUT2D eigenvalue weighted by atomic mass is 10.2. The third-order valence-electron chi connectivity index (χ3n) is 4.05. The Morgan fingerprint density at radius 3 is 2.27 bits per heavy atom. The van der Waals surface area contributed by atoms with Crippen LogP contribution in [-0.4, -0.2) is 39.6 Å². The summed E-state index contributed by atoms with van der Waals surface area (Å²) < 4.78 is 0. The molecule has 6 heteroatoms. The molecule has 1 heterocycles. The molecule has 0 unspecified atom stereocenters. The molecule has 2 aromatic rings. The van der Waals surface area contributed by atoms with Gasteiger partial charge in [-0.3, -0.25) is 9.59 Å². The predicted octanol–water partition coefficient (Wildman–Crippen LogP) is 4.14. The lowest BCUT2D eigenvalue weighted by Crippen LogP contribution is -2.47. The van der Waals surface area contributed by atoms with Crippen molar-refractivity contribution in [3.63, 3.8) is 0 Å². The van der Waals surface area contributed by atoms with E-state index in [9.17, 15) is 9.59 Å². The van der Waals surface area contributed by atoms with Crippen LogP contribution in [0, 0.1) is 0 Å². The summed E-state index contributed by atoms with van der Waals surface area (Å²) in [6.45, 7) is 6.50. The SMILES string of the molecule is CC(C)N(CC(=O)N(Cc1ccccc1)Cc1cccs1)C(=O)[C@@H](C)Cl. The van der Waals surface area contributed by atoms with Crippen LogP contribution >= 0.6 is 22.9 Å². The summed E-state index contributed by atoms with van der Waals surface area (Å²) in [5.74, 6) is -0.299. The van der Waals surface area contributed by atoms with Gasteiger partial charge >= 0.3 is 0 Å². The minimum atomic E-state index is -0.648. The van der Waals surface area contributed by atoms with Crippen LogP contribution in [0.3, 0.4) is 0 Å². The number of carbonyl (C=O) groups is 2. The highest BCUT2D eigenvalue weighted by Crippen LogP contribution is 2.16. The molecule has 4 nitrogen and oxygen atoms in total. The summed E-state index contributed by atoms with van der Waals surface area (Å²) in [6, 6.07) is 13.8. The highest BCUT2D eigenvalue weighted by molar-refractivity contribution is 7.09. The number of hydrogen-bond donors (Lipinski definition) is 0. The number of amides is 2. The van der Waals surface area contributed by atoms with E-state index in [1.807, 2.05) is 61.7 Å². The molecule has 0 aliphatic rings. The van der Waals surface area contributed by atoms with Gasteiger partial charge < -0.3 is 9.80 Å². The number of halogens is 1. The van der Waals surface area contributed by atoms with E-state index in [1.54, 1.807) is 28.1 Å². The lowest BCUT2D eigenvalue weighted by Gasteiger charge is -2.30. The largest absolute Gasteiger partial charge is 0.332 e. The first-order valence-electron chi connectivity index (χ1n) is 8.67. The van der Waals surface area contributed by atoms with Crippen LogP contribution in [0.2, 0.25) is 0 Å². The van der Waals surface area contributed by atoms with E-state index in [0.717, 1.165) is 10.4 Å². The van der Waals surface area contributed by atoms with E-state index in [-0.39, 0.29) is 24.4 Å². The zero-order chi connectivity index (χ0) is 19.1. The van der Waals surface area contributed by atoms with E-state index in [0.29, 0.717) is 13.1 Å². The molecule has 0 N–H and O–H groups in total. The van der Waals surface area contributed by atoms with Gasteiger partial charge in [0.25, 0.3) is 0 Å². The van der Waals surface area contributed by atoms with Crippen molar-refractivity contribution in [2.24, 2.45) is 0 Å². The number of carbonyl (C=O) groups excluding carboxylic acids is 2. The molecule has 0 aliphatic heterocycles. The third-order valence-corrected chi connectivity index (χ3v) is 5.10. The topological polar surface area (TPSA) is 40.6 Å². The first-order valence-corrected chi connectivity index (χ1v) is 9.98. The predicted molar refractivity (Wildman–Crippen MR) is 107 cm³/mol. The average Bonchev–Trinajstić information content (AvgIpc) is 3.12. The maximum atomic E-state index is 13.0. The molecule has 0 saturated carbocycles. The average molecular weight is 393 g/mol. The van der Waals surface area contributed by atoms with Crippen molar-refractivity contribution in [1.82, 2.24) is 9.80 Å². The Morgan fingerprint density at radius 2 is 1.73 bits per heavy atom. The number of rotatable bonds is 8. The number of thiophene rings is 1. The van der Waals surface area contributed by atoms with Gasteiger partial charge in [0.15, 0.2) is 0 Å². The molecule has 1 atom stereocenters. The van der Waals surface area contributed by atoms with Crippen molar-refractivity contribution in [3.8, 4) is 0 Å². The van der Waals surface area contributed by atoms with Crippen molar-refractivity contribution < 1.29 is 9.59 Å². The molecular formula is C20H25ClN2O2S. The molecule has 26 heavy (non-hydrogen) atoms. The van der Waals surface area contributed by atoms with Crippen LogP contribution < -0.4 is 0 Å². The summed E-state index contributed by atoms with van der Waals surface area (Å²) in [4.78, 5) is 29.8. The molecular weight excluding hydrogens is 368 g/mol. The molecule has 140 valence electrons. The first-order chi connectivity index (χ1) is 12.4. The number of hydrogen-bond acceptors (Lipinski definition) is 3. The van der Waals surface area contributed by atoms with Crippen LogP contribution in [0.5, 0.6) is 0 Å². The van der Waals surface area contributed by atoms with Crippen molar-refractivity contribution >= 4 is 34.8 Å². The number of alkyl halides is 1. The third kappa shape index (κ3) is 5.85. The minimum Gasteiger partial charge on any atom is -0.332 e. The molecule has 1 aromatic carbocycles. The van der Waals surface area contributed by atoms with Gasteiger partial charge in [-0.15, -0.1) is 22.9 Å². The Labute approximate surface area is 164 Å². The van der Waals surface area contributed by atoms with Gasteiger partial charge in [-0.1, -0.05) is 36.4 Å². The summed E-state index contributed by atoms with van der Waals surface area (Å²) in [6.07, 6.45) is 0. The first kappa shape index (κ1) is 20.5. The molecule has 0 saturated heterocycles. The van der Waals surface area contributed by atoms with Crippen LogP contribution in [0.25, 0.3) is 0 Å². The number of benzene rings is 1. The normalized spacial score (nSPS) is 12.0. The number of nitrogens with zero attached hydrogens (tertiary/aromatic N) is 2. The fourth-order valence-corrected chi connectivity index (χ4v) is 3.46. The van der Waals surface area contributed by atoms with E-state index in [4.69, 9.17) is 11.6 Å². The molecule has 1 aromatic heterocycles. The summed E-state index contributed by atoms with van der Waals surface area (Å²) in [5, 5.41) is 1.35. The van der Waals surface area contributed by atoms with Crippen LogP contribution in [-0.2, 0) is 22.7 Å². The monoisotopic (exact) mass is 392 g/mol. The molecule has 0 fully saturated rings. The quantitative estimate of drug-likeness (QED) is 0.633. The molecule has 0 bridgehead atoms. The molecule has 2 rings (SSSR count). The Balaban J connectivity index is 2.16. The van der Waals surface area contributed by atoms with E-state index in [1.165, 1.54) is 0 Å². The fourth-order valence-electron chi connectivity index (χ4n) is 2.62. The smallest absolute Gasteiger partial charge is 0.242 e. The highest BCUT2D eigenvalue weighted by atomic mass is 35.5. The molecule has 2 amide bonds. The van der Waals surface area contributed by atoms with Gasteiger partial charge in [0.05, 0.1) is 6.54 Å². The second-order valence-electron chi connectivity index (χ2n) is 6.49. The van der Waals surface area contributed by atoms with Gasteiger partial charge in [-0.05, 0) is 37.8 Å². The van der Waals surface area contributed by atoms with E-state index >= 15 is 0 Å². The second-order valence-corrected chi connectivity index (χ2v) is 8.18. The van der Waals surface area contributed by atoms with Crippen molar-refractivity contribution in [2.45, 2.75) is 45.3 Å². The zero-order valence-electron chi connectivity index (χ0n) is 15.4. The van der Waals surface area contributed by atoms with E-state index in [2.05, 4.69) is 0 Å². The Hall–Kier alpha value is -1.85. The standard InChI is InChI=1S/C20H25ClN2O2S/c1-15(2)23(20(25)16(3)21)14-19(24)22(13-18-10-7-11-26-18)12-17-8-5-4-6-9-17/h4-11,15-16H,12-14H2,1-3H3/t16-/m1/s1. The summed E-state index contributed by atoms with van der Waals surface area (Å²) in [5.41, 5.74) is 1.06. The van der Waals surface area contributed by atoms with Crippen LogP contribution in [0.15, 0.2) is 47.8 Å². The Morgan fingerprint density at radius 1 is 1.04 bits per heavy atom. The van der Waals surface area contributed by atoms with Gasteiger partial charge in [0.1, 0.15) is 11.9 Å². The maximum Gasteiger partial charge on any atom is 0.242 e. The molecule has 0 radical (unpaired) electrons. The van der Waals surface area contributed by atoms with Gasteiger partial charge in [-0.25, -0.2) is 0 Å². The minimum absolute atomic E-state index is 0.0335. The van der Waals surface area contributed by atoms with E-state index < -0.39 is 5.38 Å².